The predicted molar refractivity (Wildman–Crippen MR) is 135 cm³/mol. The zero-order valence-electron chi connectivity index (χ0n) is 20.6. The number of hydrogen-bond donors (Lipinski definition) is 1. The molecule has 0 spiro atoms. The number of carbonyl (C=O) groups excluding carboxylic acids is 1. The Hall–Kier alpha value is -3.17. The Morgan fingerprint density at radius 3 is 2.69 bits per heavy atom. The second kappa shape index (κ2) is 10.2. The lowest BCUT2D eigenvalue weighted by Crippen LogP contribution is -2.49. The molecule has 0 aromatic carbocycles. The molecule has 0 aliphatic carbocycles. The molecule has 3 aromatic rings. The van der Waals surface area contributed by atoms with Crippen molar-refractivity contribution in [2.45, 2.75) is 32.3 Å². The molecule has 2 fully saturated rings. The number of anilines is 1. The second-order valence-electron chi connectivity index (χ2n) is 9.09. The summed E-state index contributed by atoms with van der Waals surface area (Å²) in [6.45, 7) is 9.58. The van der Waals surface area contributed by atoms with Crippen molar-refractivity contribution in [3.8, 4) is 11.3 Å². The summed E-state index contributed by atoms with van der Waals surface area (Å²) >= 11 is 0. The van der Waals surface area contributed by atoms with Crippen LogP contribution in [-0.4, -0.2) is 78.1 Å². The number of aromatic nitrogens is 3. The fourth-order valence-electron chi connectivity index (χ4n) is 5.19. The third-order valence-electron chi connectivity index (χ3n) is 6.98. The minimum atomic E-state index is -0.301. The van der Waals surface area contributed by atoms with Gasteiger partial charge in [-0.25, -0.2) is 9.31 Å². The van der Waals surface area contributed by atoms with E-state index in [1.807, 2.05) is 43.0 Å². The maximum atomic E-state index is 12.0. The van der Waals surface area contributed by atoms with Crippen LogP contribution in [0.25, 0.3) is 16.8 Å². The van der Waals surface area contributed by atoms with Gasteiger partial charge in [0.25, 0.3) is 0 Å². The van der Waals surface area contributed by atoms with Gasteiger partial charge < -0.3 is 24.6 Å². The number of piperazine rings is 1. The molecule has 5 rings (SSSR count). The van der Waals surface area contributed by atoms with Crippen molar-refractivity contribution in [1.29, 1.82) is 0 Å². The summed E-state index contributed by atoms with van der Waals surface area (Å²) in [5.74, 6) is 0. The fourth-order valence-corrected chi connectivity index (χ4v) is 5.19. The van der Waals surface area contributed by atoms with Crippen LogP contribution in [0.2, 0.25) is 0 Å². The van der Waals surface area contributed by atoms with Gasteiger partial charge in [-0.05, 0) is 51.4 Å². The van der Waals surface area contributed by atoms with Crippen LogP contribution in [0.15, 0.2) is 42.9 Å². The Morgan fingerprint density at radius 2 is 2.00 bits per heavy atom. The van der Waals surface area contributed by atoms with E-state index in [4.69, 9.17) is 14.5 Å². The molecule has 0 radical (unpaired) electrons. The summed E-state index contributed by atoms with van der Waals surface area (Å²) in [7, 11) is 0. The molecule has 186 valence electrons. The Balaban J connectivity index is 1.36. The molecule has 1 atom stereocenters. The van der Waals surface area contributed by atoms with Gasteiger partial charge in [0.05, 0.1) is 23.5 Å². The first-order valence-corrected chi connectivity index (χ1v) is 12.6. The van der Waals surface area contributed by atoms with Gasteiger partial charge >= 0.3 is 6.09 Å². The number of amides is 1. The third kappa shape index (κ3) is 4.70. The molecule has 0 bridgehead atoms. The SMILES string of the molecule is CCOC(=O)N1CCN(c2ccnn3cc(-c4ccc([C@]5(OCC)CCCNC5)cn4)cc23)CC1. The van der Waals surface area contributed by atoms with Crippen molar-refractivity contribution in [3.63, 3.8) is 0 Å². The third-order valence-corrected chi connectivity index (χ3v) is 6.98. The molecule has 9 heteroatoms. The lowest BCUT2D eigenvalue weighted by atomic mass is 9.87. The number of hydrogen-bond acceptors (Lipinski definition) is 7. The van der Waals surface area contributed by atoms with E-state index in [-0.39, 0.29) is 11.7 Å². The standard InChI is InChI=1S/C26H34N6O3/c1-3-34-25(33)31-14-12-30(13-15-31)23-8-11-29-32-18-20(16-24(23)32)22-7-6-21(17-28-22)26(35-4-2)9-5-10-27-19-26/h6-8,11,16-18,27H,3-5,9-10,12-15,19H2,1-2H3/t26-/m0/s1. The van der Waals surface area contributed by atoms with Crippen molar-refractivity contribution in [2.75, 3.05) is 57.4 Å². The lowest BCUT2D eigenvalue weighted by molar-refractivity contribution is -0.0603. The van der Waals surface area contributed by atoms with Crippen LogP contribution in [0.4, 0.5) is 10.5 Å². The number of rotatable bonds is 6. The molecule has 1 amide bonds. The summed E-state index contributed by atoms with van der Waals surface area (Å²) in [4.78, 5) is 20.9. The predicted octanol–water partition coefficient (Wildman–Crippen LogP) is 3.29. The summed E-state index contributed by atoms with van der Waals surface area (Å²) < 4.78 is 13.3. The Labute approximate surface area is 206 Å². The van der Waals surface area contributed by atoms with Crippen LogP contribution < -0.4 is 10.2 Å². The minimum absolute atomic E-state index is 0.235. The van der Waals surface area contributed by atoms with Gasteiger partial charge in [-0.15, -0.1) is 0 Å². The normalized spacial score (nSPS) is 20.9. The first kappa shape index (κ1) is 23.6. The van der Waals surface area contributed by atoms with E-state index >= 15 is 0 Å². The van der Waals surface area contributed by atoms with Gasteiger partial charge in [0, 0.05) is 69.0 Å². The lowest BCUT2D eigenvalue weighted by Gasteiger charge is -2.37. The van der Waals surface area contributed by atoms with Gasteiger partial charge in [-0.1, -0.05) is 6.07 Å². The Bertz CT molecular complexity index is 1140. The molecule has 5 heterocycles. The van der Waals surface area contributed by atoms with Gasteiger partial charge in [0.15, 0.2) is 0 Å². The van der Waals surface area contributed by atoms with E-state index in [1.54, 1.807) is 4.90 Å². The molecule has 1 N–H and O–H groups in total. The topological polar surface area (TPSA) is 84.2 Å². The highest BCUT2D eigenvalue weighted by atomic mass is 16.6. The molecular formula is C26H34N6O3. The second-order valence-corrected chi connectivity index (χ2v) is 9.09. The molecular weight excluding hydrogens is 444 g/mol. The number of piperidine rings is 1. The van der Waals surface area contributed by atoms with Gasteiger partial charge in [0.1, 0.15) is 5.60 Å². The van der Waals surface area contributed by atoms with Gasteiger partial charge in [-0.2, -0.15) is 5.10 Å². The van der Waals surface area contributed by atoms with Crippen LogP contribution in [0, 0.1) is 0 Å². The molecule has 3 aromatic heterocycles. The molecule has 0 saturated carbocycles. The average Bonchev–Trinajstić information content (AvgIpc) is 3.34. The number of carbonyl (C=O) groups is 1. The van der Waals surface area contributed by atoms with Crippen molar-refractivity contribution >= 4 is 17.3 Å². The monoisotopic (exact) mass is 478 g/mol. The summed E-state index contributed by atoms with van der Waals surface area (Å²) in [5.41, 5.74) is 4.89. The van der Waals surface area contributed by atoms with E-state index < -0.39 is 0 Å². The highest BCUT2D eigenvalue weighted by Crippen LogP contribution is 2.34. The van der Waals surface area contributed by atoms with E-state index in [1.165, 1.54) is 0 Å². The highest BCUT2D eigenvalue weighted by molar-refractivity contribution is 5.79. The smallest absolute Gasteiger partial charge is 0.409 e. The van der Waals surface area contributed by atoms with Crippen LogP contribution in [0.3, 0.4) is 0 Å². The van der Waals surface area contributed by atoms with Crippen molar-refractivity contribution in [1.82, 2.24) is 24.8 Å². The van der Waals surface area contributed by atoms with Gasteiger partial charge in [0.2, 0.25) is 0 Å². The zero-order valence-corrected chi connectivity index (χ0v) is 20.6. The number of fused-ring (bicyclic) bond motifs is 1. The van der Waals surface area contributed by atoms with E-state index in [0.717, 1.165) is 67.0 Å². The maximum Gasteiger partial charge on any atom is 0.409 e. The van der Waals surface area contributed by atoms with Crippen LogP contribution in [0.1, 0.15) is 32.3 Å². The molecule has 0 unspecified atom stereocenters. The van der Waals surface area contributed by atoms with Crippen LogP contribution in [0.5, 0.6) is 0 Å². The van der Waals surface area contributed by atoms with E-state index in [2.05, 4.69) is 33.5 Å². The Kier molecular flexibility index (Phi) is 6.88. The number of nitrogens with zero attached hydrogens (tertiary/aromatic N) is 5. The van der Waals surface area contributed by atoms with Crippen LogP contribution >= 0.6 is 0 Å². The number of pyridine rings is 1. The van der Waals surface area contributed by atoms with Crippen molar-refractivity contribution in [3.05, 3.63) is 48.4 Å². The summed E-state index contributed by atoms with van der Waals surface area (Å²) in [6, 6.07) is 8.41. The van der Waals surface area contributed by atoms with Crippen molar-refractivity contribution in [2.24, 2.45) is 0 Å². The minimum Gasteiger partial charge on any atom is -0.450 e. The number of ether oxygens (including phenoxy) is 2. The average molecular weight is 479 g/mol. The molecule has 2 aliphatic heterocycles. The summed E-state index contributed by atoms with van der Waals surface area (Å²) in [5, 5.41) is 8.00. The molecule has 9 nitrogen and oxygen atoms in total. The quantitative estimate of drug-likeness (QED) is 0.582. The fraction of sp³-hybridized carbons (Fsp3) is 0.500. The maximum absolute atomic E-state index is 12.0. The summed E-state index contributed by atoms with van der Waals surface area (Å²) in [6.07, 6.45) is 7.67. The van der Waals surface area contributed by atoms with Gasteiger partial charge in [-0.3, -0.25) is 4.98 Å². The van der Waals surface area contributed by atoms with E-state index in [9.17, 15) is 4.79 Å². The first-order chi connectivity index (χ1) is 17.1. The largest absolute Gasteiger partial charge is 0.450 e. The molecule has 35 heavy (non-hydrogen) atoms. The van der Waals surface area contributed by atoms with E-state index in [0.29, 0.717) is 26.3 Å². The van der Waals surface area contributed by atoms with Crippen LogP contribution in [-0.2, 0) is 15.1 Å². The molecule has 2 aliphatic rings. The highest BCUT2D eigenvalue weighted by Gasteiger charge is 2.35. The first-order valence-electron chi connectivity index (χ1n) is 12.6. The van der Waals surface area contributed by atoms with Crippen molar-refractivity contribution < 1.29 is 14.3 Å². The number of nitrogens with one attached hydrogen (secondary N) is 1. The zero-order chi connectivity index (χ0) is 24.3. The Morgan fingerprint density at radius 1 is 1.14 bits per heavy atom. The molecule has 2 saturated heterocycles.